The molecule has 2 aromatic carbocycles. The van der Waals surface area contributed by atoms with Gasteiger partial charge in [0.1, 0.15) is 0 Å². The summed E-state index contributed by atoms with van der Waals surface area (Å²) in [6, 6.07) is 10.7. The molecular formula is C20H22N2O6S. The highest BCUT2D eigenvalue weighted by Gasteiger charge is 2.27. The Morgan fingerprint density at radius 1 is 1.07 bits per heavy atom. The van der Waals surface area contributed by atoms with Crippen LogP contribution in [-0.4, -0.2) is 58.0 Å². The normalized spacial score (nSPS) is 15.0. The van der Waals surface area contributed by atoms with Crippen molar-refractivity contribution in [1.29, 1.82) is 0 Å². The molecule has 1 fully saturated rings. The first-order valence-corrected chi connectivity index (χ1v) is 10.4. The molecule has 0 aromatic heterocycles. The average Bonchev–Trinajstić information content (AvgIpc) is 2.75. The lowest BCUT2D eigenvalue weighted by atomic mass is 10.1. The zero-order chi connectivity index (χ0) is 21.0. The van der Waals surface area contributed by atoms with Crippen LogP contribution >= 0.6 is 0 Å². The number of morpholine rings is 1. The third-order valence-electron chi connectivity index (χ3n) is 4.61. The van der Waals surface area contributed by atoms with Crippen LogP contribution in [0.4, 0.5) is 5.69 Å². The Hall–Kier alpha value is -2.75. The smallest absolute Gasteiger partial charge is 0.337 e. The molecule has 8 nitrogen and oxygen atoms in total. The third kappa shape index (κ3) is 4.64. The molecule has 0 unspecified atom stereocenters. The minimum absolute atomic E-state index is 0.0482. The van der Waals surface area contributed by atoms with Gasteiger partial charge < -0.3 is 14.8 Å². The van der Waals surface area contributed by atoms with Gasteiger partial charge in [-0.05, 0) is 42.8 Å². The van der Waals surface area contributed by atoms with E-state index in [1.165, 1.54) is 41.7 Å². The molecule has 9 heteroatoms. The number of rotatable bonds is 5. The van der Waals surface area contributed by atoms with Crippen molar-refractivity contribution < 1.29 is 27.5 Å². The van der Waals surface area contributed by atoms with Crippen LogP contribution < -0.4 is 5.32 Å². The molecule has 0 aliphatic carbocycles. The minimum atomic E-state index is -3.71. The number of carbonyl (C=O) groups is 2. The zero-order valence-corrected chi connectivity index (χ0v) is 17.0. The molecule has 0 bridgehead atoms. The van der Waals surface area contributed by atoms with E-state index in [4.69, 9.17) is 9.47 Å². The van der Waals surface area contributed by atoms with Crippen molar-refractivity contribution in [2.45, 2.75) is 11.8 Å². The molecule has 0 atom stereocenters. The van der Waals surface area contributed by atoms with Crippen LogP contribution in [-0.2, 0) is 19.5 Å². The fourth-order valence-electron chi connectivity index (χ4n) is 2.93. The number of esters is 1. The summed E-state index contributed by atoms with van der Waals surface area (Å²) >= 11 is 0. The van der Waals surface area contributed by atoms with E-state index < -0.39 is 21.9 Å². The lowest BCUT2D eigenvalue weighted by molar-refractivity contribution is 0.0600. The SMILES string of the molecule is COC(=O)c1ccc(C)c(NC(=O)c2cccc(S(=O)(=O)N3CCOCC3)c2)c1. The molecule has 154 valence electrons. The summed E-state index contributed by atoms with van der Waals surface area (Å²) in [7, 11) is -2.43. The number of amides is 1. The maximum Gasteiger partial charge on any atom is 0.337 e. The van der Waals surface area contributed by atoms with E-state index in [0.29, 0.717) is 24.5 Å². The van der Waals surface area contributed by atoms with Crippen LogP contribution in [0, 0.1) is 6.92 Å². The first-order chi connectivity index (χ1) is 13.8. The van der Waals surface area contributed by atoms with Gasteiger partial charge in [0.15, 0.2) is 0 Å². The molecule has 1 aliphatic heterocycles. The Morgan fingerprint density at radius 3 is 2.48 bits per heavy atom. The van der Waals surface area contributed by atoms with Gasteiger partial charge >= 0.3 is 5.97 Å². The number of hydrogen-bond acceptors (Lipinski definition) is 6. The monoisotopic (exact) mass is 418 g/mol. The molecule has 1 saturated heterocycles. The Morgan fingerprint density at radius 2 is 1.79 bits per heavy atom. The predicted molar refractivity (Wildman–Crippen MR) is 106 cm³/mol. The average molecular weight is 418 g/mol. The number of anilines is 1. The lowest BCUT2D eigenvalue weighted by Gasteiger charge is -2.26. The number of ether oxygens (including phenoxy) is 2. The zero-order valence-electron chi connectivity index (χ0n) is 16.2. The van der Waals surface area contributed by atoms with Gasteiger partial charge in [-0.1, -0.05) is 12.1 Å². The molecule has 29 heavy (non-hydrogen) atoms. The predicted octanol–water partition coefficient (Wildman–Crippen LogP) is 2.05. The van der Waals surface area contributed by atoms with E-state index in [1.807, 2.05) is 0 Å². The van der Waals surface area contributed by atoms with Crippen LogP contribution in [0.2, 0.25) is 0 Å². The topological polar surface area (TPSA) is 102 Å². The molecule has 0 spiro atoms. The van der Waals surface area contributed by atoms with E-state index in [1.54, 1.807) is 19.1 Å². The fourth-order valence-corrected chi connectivity index (χ4v) is 4.38. The first-order valence-electron chi connectivity index (χ1n) is 9.01. The molecule has 1 amide bonds. The summed E-state index contributed by atoms with van der Waals surface area (Å²) in [5.74, 6) is -0.992. The van der Waals surface area contributed by atoms with Gasteiger partial charge in [0.2, 0.25) is 10.0 Å². The van der Waals surface area contributed by atoms with Gasteiger partial charge in [-0.3, -0.25) is 4.79 Å². The quantitative estimate of drug-likeness (QED) is 0.746. The van der Waals surface area contributed by atoms with Gasteiger partial charge in [-0.25, -0.2) is 13.2 Å². The second-order valence-electron chi connectivity index (χ2n) is 6.52. The summed E-state index contributed by atoms with van der Waals surface area (Å²) in [5, 5.41) is 2.73. The molecule has 1 N–H and O–H groups in total. The van der Waals surface area contributed by atoms with Crippen LogP contribution in [0.1, 0.15) is 26.3 Å². The summed E-state index contributed by atoms with van der Waals surface area (Å²) in [4.78, 5) is 24.5. The second kappa shape index (κ2) is 8.73. The molecule has 3 rings (SSSR count). The molecular weight excluding hydrogens is 396 g/mol. The highest BCUT2D eigenvalue weighted by atomic mass is 32.2. The lowest BCUT2D eigenvalue weighted by Crippen LogP contribution is -2.40. The van der Waals surface area contributed by atoms with E-state index in [9.17, 15) is 18.0 Å². The Balaban J connectivity index is 1.84. The minimum Gasteiger partial charge on any atom is -0.465 e. The van der Waals surface area contributed by atoms with Crippen LogP contribution in [0.25, 0.3) is 0 Å². The molecule has 0 radical (unpaired) electrons. The first kappa shape index (κ1) is 21.0. The van der Waals surface area contributed by atoms with Gasteiger partial charge in [0, 0.05) is 24.3 Å². The Kier molecular flexibility index (Phi) is 6.31. The maximum atomic E-state index is 12.8. The number of methoxy groups -OCH3 is 1. The van der Waals surface area contributed by atoms with Gasteiger partial charge in [0.05, 0.1) is 30.8 Å². The summed E-state index contributed by atoms with van der Waals surface area (Å²) in [6.45, 7) is 3.02. The Labute approximate surface area is 169 Å². The van der Waals surface area contributed by atoms with E-state index in [2.05, 4.69) is 5.32 Å². The highest BCUT2D eigenvalue weighted by molar-refractivity contribution is 7.89. The van der Waals surface area contributed by atoms with Crippen molar-refractivity contribution in [2.75, 3.05) is 38.7 Å². The highest BCUT2D eigenvalue weighted by Crippen LogP contribution is 2.21. The van der Waals surface area contributed by atoms with Crippen molar-refractivity contribution in [3.05, 3.63) is 59.2 Å². The number of hydrogen-bond donors (Lipinski definition) is 1. The maximum absolute atomic E-state index is 12.8. The fraction of sp³-hybridized carbons (Fsp3) is 0.300. The number of nitrogens with one attached hydrogen (secondary N) is 1. The van der Waals surface area contributed by atoms with Crippen molar-refractivity contribution in [3.8, 4) is 0 Å². The summed E-state index contributed by atoms with van der Waals surface area (Å²) in [6.07, 6.45) is 0. The number of aryl methyl sites for hydroxylation is 1. The van der Waals surface area contributed by atoms with Gasteiger partial charge in [-0.15, -0.1) is 0 Å². The van der Waals surface area contributed by atoms with Crippen molar-refractivity contribution in [3.63, 3.8) is 0 Å². The molecule has 0 saturated carbocycles. The molecule has 2 aromatic rings. The molecule has 1 aliphatic rings. The van der Waals surface area contributed by atoms with Gasteiger partial charge in [-0.2, -0.15) is 4.31 Å². The number of benzene rings is 2. The van der Waals surface area contributed by atoms with E-state index in [-0.39, 0.29) is 23.5 Å². The summed E-state index contributed by atoms with van der Waals surface area (Å²) < 4.78 is 36.9. The van der Waals surface area contributed by atoms with Crippen LogP contribution in [0.15, 0.2) is 47.4 Å². The summed E-state index contributed by atoms with van der Waals surface area (Å²) in [5.41, 5.74) is 1.70. The van der Waals surface area contributed by atoms with Crippen LogP contribution in [0.5, 0.6) is 0 Å². The second-order valence-corrected chi connectivity index (χ2v) is 8.46. The largest absolute Gasteiger partial charge is 0.465 e. The standard InChI is InChI=1S/C20H22N2O6S/c1-14-6-7-16(20(24)27-2)13-18(14)21-19(23)15-4-3-5-17(12-15)29(25,26)22-8-10-28-11-9-22/h3-7,12-13H,8-11H2,1-2H3,(H,21,23). The van der Waals surface area contributed by atoms with Crippen molar-refractivity contribution >= 4 is 27.6 Å². The van der Waals surface area contributed by atoms with E-state index >= 15 is 0 Å². The number of sulfonamides is 1. The van der Waals surface area contributed by atoms with Crippen molar-refractivity contribution in [2.24, 2.45) is 0 Å². The Bertz CT molecular complexity index is 1030. The molecule has 1 heterocycles. The van der Waals surface area contributed by atoms with Crippen molar-refractivity contribution in [1.82, 2.24) is 4.31 Å². The van der Waals surface area contributed by atoms with Gasteiger partial charge in [0.25, 0.3) is 5.91 Å². The number of carbonyl (C=O) groups excluding carboxylic acids is 2. The number of nitrogens with zero attached hydrogens (tertiary/aromatic N) is 1. The third-order valence-corrected chi connectivity index (χ3v) is 6.51. The van der Waals surface area contributed by atoms with Crippen LogP contribution in [0.3, 0.4) is 0 Å². The van der Waals surface area contributed by atoms with E-state index in [0.717, 1.165) is 5.56 Å².